The first kappa shape index (κ1) is 16.4. The first-order valence-corrected chi connectivity index (χ1v) is 5.24. The van der Waals surface area contributed by atoms with Crippen LogP contribution in [0.15, 0.2) is 0 Å². The Hall–Kier alpha value is -0.580. The molecule has 17 heavy (non-hydrogen) atoms. The molecule has 0 aromatic heterocycles. The fourth-order valence-corrected chi connectivity index (χ4v) is 1.07. The second-order valence-corrected chi connectivity index (χ2v) is 4.34. The van der Waals surface area contributed by atoms with Gasteiger partial charge in [0, 0.05) is 6.92 Å². The number of carboxylic acids is 1. The molecule has 9 heteroatoms. The second kappa shape index (κ2) is 6.99. The third kappa shape index (κ3) is 5.06. The summed E-state index contributed by atoms with van der Waals surface area (Å²) in [5.74, 6) is -1.52. The quantitative estimate of drug-likeness (QED) is 0.343. The SMILES string of the molecule is CC(=O)Br.O=C(O)[C@H]1O[C@H](O)[C@H](O)[C@@H](O)[C@@H]1O. The summed E-state index contributed by atoms with van der Waals surface area (Å²) >= 11 is 2.63. The van der Waals surface area contributed by atoms with Crippen molar-refractivity contribution < 1.29 is 39.9 Å². The molecule has 0 aromatic carbocycles. The van der Waals surface area contributed by atoms with Crippen molar-refractivity contribution >= 4 is 26.6 Å². The summed E-state index contributed by atoms with van der Waals surface area (Å²) in [6.07, 6.45) is -8.72. The summed E-state index contributed by atoms with van der Waals surface area (Å²) in [5, 5.41) is 44.4. The van der Waals surface area contributed by atoms with E-state index in [4.69, 9.17) is 25.5 Å². The van der Waals surface area contributed by atoms with Gasteiger partial charge in [-0.3, -0.25) is 4.79 Å². The average Bonchev–Trinajstić information content (AvgIpc) is 2.19. The third-order valence-electron chi connectivity index (χ3n) is 1.83. The van der Waals surface area contributed by atoms with Crippen molar-refractivity contribution in [2.45, 2.75) is 37.6 Å². The Morgan fingerprint density at radius 2 is 1.47 bits per heavy atom. The number of ether oxygens (including phenoxy) is 1. The number of aliphatic hydroxyl groups excluding tert-OH is 4. The molecular formula is C8H13BrO8. The van der Waals surface area contributed by atoms with Gasteiger partial charge in [0.15, 0.2) is 17.1 Å². The molecule has 5 N–H and O–H groups in total. The highest BCUT2D eigenvalue weighted by molar-refractivity contribution is 9.18. The molecule has 1 aliphatic rings. The maximum atomic E-state index is 10.4. The number of rotatable bonds is 1. The molecule has 0 spiro atoms. The lowest BCUT2D eigenvalue weighted by molar-refractivity contribution is -0.279. The Morgan fingerprint density at radius 3 is 1.82 bits per heavy atom. The highest BCUT2D eigenvalue weighted by Crippen LogP contribution is 2.19. The number of aliphatic hydroxyl groups is 4. The van der Waals surface area contributed by atoms with Crippen LogP contribution in [0.5, 0.6) is 0 Å². The monoisotopic (exact) mass is 316 g/mol. The van der Waals surface area contributed by atoms with Crippen LogP contribution in [0.25, 0.3) is 0 Å². The average molecular weight is 317 g/mol. The zero-order chi connectivity index (χ0) is 13.7. The van der Waals surface area contributed by atoms with Gasteiger partial charge in [-0.05, 0) is 15.9 Å². The van der Waals surface area contributed by atoms with Crippen LogP contribution in [0.3, 0.4) is 0 Å². The molecule has 0 aliphatic carbocycles. The van der Waals surface area contributed by atoms with E-state index < -0.39 is 36.7 Å². The Labute approximate surface area is 105 Å². The maximum absolute atomic E-state index is 10.4. The number of hydrogen-bond acceptors (Lipinski definition) is 7. The van der Waals surface area contributed by atoms with Crippen LogP contribution in [0.4, 0.5) is 0 Å². The van der Waals surface area contributed by atoms with E-state index >= 15 is 0 Å². The lowest BCUT2D eigenvalue weighted by atomic mass is 9.99. The molecule has 0 radical (unpaired) electrons. The molecule has 0 amide bonds. The molecule has 1 aliphatic heterocycles. The molecule has 1 rings (SSSR count). The first-order chi connectivity index (χ1) is 7.68. The van der Waals surface area contributed by atoms with Crippen molar-refractivity contribution in [3.05, 3.63) is 0 Å². The van der Waals surface area contributed by atoms with E-state index in [-0.39, 0.29) is 4.69 Å². The molecule has 1 saturated heterocycles. The summed E-state index contributed by atoms with van der Waals surface area (Å²) in [6, 6.07) is 0. The highest BCUT2D eigenvalue weighted by Gasteiger charge is 2.46. The standard InChI is InChI=1S/C6H10O7.C2H3BrO/c7-1-2(8)4(5(10)11)13-6(12)3(1)9;1-2(3)4/h1-4,6-9,12H,(H,10,11);1H3/t1-,2-,3+,4-,6-;/m0./s1. The van der Waals surface area contributed by atoms with Crippen LogP contribution in [0.2, 0.25) is 0 Å². The van der Waals surface area contributed by atoms with Gasteiger partial charge in [-0.15, -0.1) is 0 Å². The smallest absolute Gasteiger partial charge is 0.335 e. The molecule has 8 nitrogen and oxygen atoms in total. The Kier molecular flexibility index (Phi) is 6.75. The topological polar surface area (TPSA) is 145 Å². The highest BCUT2D eigenvalue weighted by atomic mass is 79.9. The van der Waals surface area contributed by atoms with E-state index in [1.165, 1.54) is 6.92 Å². The lowest BCUT2D eigenvalue weighted by Gasteiger charge is -2.36. The zero-order valence-electron chi connectivity index (χ0n) is 8.73. The van der Waals surface area contributed by atoms with Crippen molar-refractivity contribution in [3.63, 3.8) is 0 Å². The molecule has 1 fully saturated rings. The molecule has 5 atom stereocenters. The normalized spacial score (nSPS) is 36.7. The van der Waals surface area contributed by atoms with E-state index in [0.717, 1.165) is 0 Å². The van der Waals surface area contributed by atoms with Crippen molar-refractivity contribution in [1.29, 1.82) is 0 Å². The maximum Gasteiger partial charge on any atom is 0.335 e. The number of carboxylic acid groups (broad SMARTS) is 1. The molecule has 1 heterocycles. The molecule has 0 unspecified atom stereocenters. The van der Waals surface area contributed by atoms with Crippen LogP contribution < -0.4 is 0 Å². The summed E-state index contributed by atoms with van der Waals surface area (Å²) in [6.45, 7) is 1.44. The first-order valence-electron chi connectivity index (χ1n) is 4.45. The summed E-state index contributed by atoms with van der Waals surface area (Å²) in [7, 11) is 0. The number of hydrogen-bond donors (Lipinski definition) is 5. The minimum Gasteiger partial charge on any atom is -0.479 e. The van der Waals surface area contributed by atoms with Crippen molar-refractivity contribution in [1.82, 2.24) is 0 Å². The lowest BCUT2D eigenvalue weighted by Crippen LogP contribution is -2.59. The predicted octanol–water partition coefficient (Wildman–Crippen LogP) is -2.20. The van der Waals surface area contributed by atoms with Crippen LogP contribution in [-0.2, 0) is 14.3 Å². The van der Waals surface area contributed by atoms with Gasteiger partial charge in [0.25, 0.3) is 0 Å². The van der Waals surface area contributed by atoms with Crippen LogP contribution in [-0.4, -0.2) is 66.9 Å². The number of halogens is 1. The van der Waals surface area contributed by atoms with Crippen LogP contribution >= 0.6 is 15.9 Å². The van der Waals surface area contributed by atoms with Gasteiger partial charge in [0.1, 0.15) is 18.3 Å². The van der Waals surface area contributed by atoms with Gasteiger partial charge in [0.2, 0.25) is 0 Å². The summed E-state index contributed by atoms with van der Waals surface area (Å²) < 4.78 is 4.32. The van der Waals surface area contributed by atoms with E-state index in [9.17, 15) is 9.59 Å². The van der Waals surface area contributed by atoms with Crippen molar-refractivity contribution in [3.8, 4) is 0 Å². The van der Waals surface area contributed by atoms with Gasteiger partial charge in [0.05, 0.1) is 0 Å². The van der Waals surface area contributed by atoms with Crippen molar-refractivity contribution in [2.75, 3.05) is 0 Å². The Balaban J connectivity index is 0.000000557. The van der Waals surface area contributed by atoms with Gasteiger partial charge in [-0.2, -0.15) is 0 Å². The fourth-order valence-electron chi connectivity index (χ4n) is 1.07. The van der Waals surface area contributed by atoms with E-state index in [2.05, 4.69) is 20.7 Å². The van der Waals surface area contributed by atoms with Gasteiger partial charge in [-0.25, -0.2) is 4.79 Å². The predicted molar refractivity (Wildman–Crippen MR) is 56.1 cm³/mol. The summed E-state index contributed by atoms with van der Waals surface area (Å²) in [5.41, 5.74) is 0. The van der Waals surface area contributed by atoms with Crippen molar-refractivity contribution in [2.24, 2.45) is 0 Å². The van der Waals surface area contributed by atoms with E-state index in [1.807, 2.05) is 0 Å². The largest absolute Gasteiger partial charge is 0.479 e. The minimum atomic E-state index is -1.81. The van der Waals surface area contributed by atoms with Crippen LogP contribution in [0, 0.1) is 0 Å². The molecular weight excluding hydrogens is 304 g/mol. The third-order valence-corrected chi connectivity index (χ3v) is 1.83. The van der Waals surface area contributed by atoms with E-state index in [0.29, 0.717) is 0 Å². The van der Waals surface area contributed by atoms with Crippen LogP contribution in [0.1, 0.15) is 6.92 Å². The number of aliphatic carboxylic acids is 1. The molecule has 100 valence electrons. The fraction of sp³-hybridized carbons (Fsp3) is 0.750. The molecule has 0 bridgehead atoms. The van der Waals surface area contributed by atoms with Gasteiger partial charge in [-0.1, -0.05) is 0 Å². The second-order valence-electron chi connectivity index (χ2n) is 3.23. The molecule has 0 aromatic rings. The summed E-state index contributed by atoms with van der Waals surface area (Å²) in [4.78, 5) is 19.7. The Morgan fingerprint density at radius 1 is 1.06 bits per heavy atom. The number of carbonyl (C=O) groups excluding carboxylic acids is 1. The van der Waals surface area contributed by atoms with Gasteiger partial charge < -0.3 is 30.3 Å². The minimum absolute atomic E-state index is 0.0208. The van der Waals surface area contributed by atoms with E-state index in [1.54, 1.807) is 0 Å². The van der Waals surface area contributed by atoms with Gasteiger partial charge >= 0.3 is 5.97 Å². The number of carbonyl (C=O) groups is 2. The Bertz CT molecular complexity index is 279. The zero-order valence-corrected chi connectivity index (χ0v) is 10.3. The molecule has 0 saturated carbocycles.